The molecular formula is C24H30N2O3. The van der Waals surface area contributed by atoms with Crippen molar-refractivity contribution in [2.45, 2.75) is 46.4 Å². The molecule has 0 bridgehead atoms. The van der Waals surface area contributed by atoms with Crippen LogP contribution in [0.5, 0.6) is 11.5 Å². The number of hydrogen-bond donors (Lipinski definition) is 0. The molecule has 0 saturated heterocycles. The van der Waals surface area contributed by atoms with Crippen molar-refractivity contribution in [3.8, 4) is 11.5 Å². The van der Waals surface area contributed by atoms with E-state index < -0.39 is 0 Å². The fourth-order valence-corrected chi connectivity index (χ4v) is 3.57. The molecule has 2 aromatic carbocycles. The number of hydrogen-bond acceptors (Lipinski definition) is 4. The van der Waals surface area contributed by atoms with Gasteiger partial charge in [0.05, 0.1) is 26.5 Å². The van der Waals surface area contributed by atoms with Crippen LogP contribution in [0.3, 0.4) is 0 Å². The molecule has 154 valence electrons. The second-order valence-corrected chi connectivity index (χ2v) is 7.43. The largest absolute Gasteiger partial charge is 0.497 e. The Labute approximate surface area is 173 Å². The lowest BCUT2D eigenvalue weighted by Gasteiger charge is -2.15. The molecule has 0 spiro atoms. The lowest BCUT2D eigenvalue weighted by molar-refractivity contribution is 0.0605. The molecule has 29 heavy (non-hydrogen) atoms. The van der Waals surface area contributed by atoms with E-state index in [1.165, 1.54) is 11.3 Å². The third-order valence-corrected chi connectivity index (χ3v) is 4.94. The Morgan fingerprint density at radius 2 is 1.59 bits per heavy atom. The summed E-state index contributed by atoms with van der Waals surface area (Å²) in [7, 11) is 3.34. The average molecular weight is 395 g/mol. The second kappa shape index (κ2) is 9.61. The van der Waals surface area contributed by atoms with E-state index in [9.17, 15) is 0 Å². The van der Waals surface area contributed by atoms with Gasteiger partial charge >= 0.3 is 0 Å². The summed E-state index contributed by atoms with van der Waals surface area (Å²) in [5.74, 6) is 2.87. The molecule has 5 heteroatoms. The normalized spacial score (nSPS) is 11.1. The third kappa shape index (κ3) is 5.18. The van der Waals surface area contributed by atoms with E-state index >= 15 is 0 Å². The second-order valence-electron chi connectivity index (χ2n) is 7.43. The zero-order valence-corrected chi connectivity index (χ0v) is 17.9. The van der Waals surface area contributed by atoms with Crippen molar-refractivity contribution < 1.29 is 14.2 Å². The van der Waals surface area contributed by atoms with Crippen molar-refractivity contribution in [1.29, 1.82) is 0 Å². The minimum Gasteiger partial charge on any atom is -0.497 e. The number of imidazole rings is 1. The predicted molar refractivity (Wildman–Crippen MR) is 115 cm³/mol. The first-order chi connectivity index (χ1) is 14.0. The summed E-state index contributed by atoms with van der Waals surface area (Å²) in [4.78, 5) is 4.87. The molecule has 0 aliphatic rings. The zero-order valence-electron chi connectivity index (χ0n) is 17.9. The van der Waals surface area contributed by atoms with Gasteiger partial charge in [0.1, 0.15) is 24.1 Å². The van der Waals surface area contributed by atoms with E-state index in [2.05, 4.69) is 30.5 Å². The molecule has 1 aromatic heterocycles. The molecule has 0 N–H and O–H groups in total. The fourth-order valence-electron chi connectivity index (χ4n) is 3.57. The number of aromatic nitrogens is 2. The van der Waals surface area contributed by atoms with Gasteiger partial charge in [-0.25, -0.2) is 4.98 Å². The van der Waals surface area contributed by atoms with Crippen molar-refractivity contribution in [3.05, 3.63) is 76.9 Å². The Hall–Kier alpha value is -2.79. The van der Waals surface area contributed by atoms with Gasteiger partial charge in [-0.15, -0.1) is 0 Å². The van der Waals surface area contributed by atoms with Crippen LogP contribution in [0.4, 0.5) is 0 Å². The first kappa shape index (κ1) is 20.9. The Bertz CT molecular complexity index is 911. The van der Waals surface area contributed by atoms with Gasteiger partial charge < -0.3 is 18.8 Å². The summed E-state index contributed by atoms with van der Waals surface area (Å²) in [5, 5.41) is 0. The van der Waals surface area contributed by atoms with E-state index in [4.69, 9.17) is 19.2 Å². The zero-order chi connectivity index (χ0) is 20.8. The van der Waals surface area contributed by atoms with Crippen LogP contribution in [0.1, 0.15) is 48.1 Å². The molecule has 0 amide bonds. The van der Waals surface area contributed by atoms with Gasteiger partial charge in [0.15, 0.2) is 0 Å². The Morgan fingerprint density at radius 3 is 2.17 bits per heavy atom. The molecule has 3 rings (SSSR count). The van der Waals surface area contributed by atoms with Crippen LogP contribution < -0.4 is 9.47 Å². The monoisotopic (exact) mass is 394 g/mol. The number of ether oxygens (including phenoxy) is 3. The van der Waals surface area contributed by atoms with Crippen LogP contribution in [0.15, 0.2) is 48.5 Å². The molecule has 3 aromatic rings. The molecule has 0 saturated carbocycles. The highest BCUT2D eigenvalue weighted by molar-refractivity contribution is 5.40. The van der Waals surface area contributed by atoms with Crippen LogP contribution in [-0.4, -0.2) is 23.8 Å². The standard InChI is InChI=1S/C24H30N2O3/c1-17(2)24-23(13-20-11-21(27-4)14-22(12-20)28-5)25-18(3)26(24)16-29-15-19-9-7-6-8-10-19/h6-12,14,17H,13,15-16H2,1-5H3. The maximum atomic E-state index is 6.00. The van der Waals surface area contributed by atoms with E-state index in [0.29, 0.717) is 25.7 Å². The topological polar surface area (TPSA) is 45.5 Å². The lowest BCUT2D eigenvalue weighted by atomic mass is 10.0. The Balaban J connectivity index is 1.82. The van der Waals surface area contributed by atoms with Crippen LogP contribution >= 0.6 is 0 Å². The summed E-state index contributed by atoms with van der Waals surface area (Å²) in [6.07, 6.45) is 0.716. The van der Waals surface area contributed by atoms with Crippen molar-refractivity contribution in [2.75, 3.05) is 14.2 Å². The van der Waals surface area contributed by atoms with Gasteiger partial charge in [0, 0.05) is 18.2 Å². The van der Waals surface area contributed by atoms with Gasteiger partial charge in [-0.05, 0) is 36.1 Å². The van der Waals surface area contributed by atoms with Gasteiger partial charge in [0.2, 0.25) is 0 Å². The summed E-state index contributed by atoms with van der Waals surface area (Å²) in [6, 6.07) is 16.2. The highest BCUT2D eigenvalue weighted by atomic mass is 16.5. The predicted octanol–water partition coefficient (Wildman–Crippen LogP) is 5.10. The Morgan fingerprint density at radius 1 is 0.931 bits per heavy atom. The smallest absolute Gasteiger partial charge is 0.124 e. The van der Waals surface area contributed by atoms with Crippen LogP contribution in [0.2, 0.25) is 0 Å². The van der Waals surface area contributed by atoms with Crippen molar-refractivity contribution in [3.63, 3.8) is 0 Å². The molecule has 0 aliphatic heterocycles. The summed E-state index contributed by atoms with van der Waals surface area (Å²) in [6.45, 7) is 7.49. The first-order valence-electron chi connectivity index (χ1n) is 9.91. The van der Waals surface area contributed by atoms with Gasteiger partial charge in [-0.3, -0.25) is 0 Å². The summed E-state index contributed by atoms with van der Waals surface area (Å²) >= 11 is 0. The van der Waals surface area contributed by atoms with E-state index in [-0.39, 0.29) is 0 Å². The van der Waals surface area contributed by atoms with Crippen LogP contribution in [0, 0.1) is 6.92 Å². The minimum atomic E-state index is 0.332. The van der Waals surface area contributed by atoms with E-state index in [0.717, 1.165) is 28.6 Å². The molecule has 1 heterocycles. The van der Waals surface area contributed by atoms with Crippen LogP contribution in [0.25, 0.3) is 0 Å². The van der Waals surface area contributed by atoms with Crippen molar-refractivity contribution in [2.24, 2.45) is 0 Å². The molecule has 0 unspecified atom stereocenters. The van der Waals surface area contributed by atoms with Gasteiger partial charge in [-0.2, -0.15) is 0 Å². The van der Waals surface area contributed by atoms with Gasteiger partial charge in [-0.1, -0.05) is 44.2 Å². The maximum absolute atomic E-state index is 6.00. The summed E-state index contributed by atoms with van der Waals surface area (Å²) < 4.78 is 19.0. The highest BCUT2D eigenvalue weighted by Gasteiger charge is 2.18. The summed E-state index contributed by atoms with van der Waals surface area (Å²) in [5.41, 5.74) is 4.55. The van der Waals surface area contributed by atoms with E-state index in [1.54, 1.807) is 14.2 Å². The number of aryl methyl sites for hydroxylation is 1. The molecule has 0 radical (unpaired) electrons. The number of nitrogens with zero attached hydrogens (tertiary/aromatic N) is 2. The first-order valence-corrected chi connectivity index (χ1v) is 9.91. The molecule has 5 nitrogen and oxygen atoms in total. The van der Waals surface area contributed by atoms with E-state index in [1.807, 2.05) is 43.3 Å². The van der Waals surface area contributed by atoms with Crippen molar-refractivity contribution in [1.82, 2.24) is 9.55 Å². The molecule has 0 fully saturated rings. The van der Waals surface area contributed by atoms with Gasteiger partial charge in [0.25, 0.3) is 0 Å². The van der Waals surface area contributed by atoms with Crippen LogP contribution in [-0.2, 0) is 24.5 Å². The average Bonchev–Trinajstić information content (AvgIpc) is 3.03. The SMILES string of the molecule is COc1cc(Cc2nc(C)n(COCc3ccccc3)c2C(C)C)cc(OC)c1. The maximum Gasteiger partial charge on any atom is 0.124 e. The highest BCUT2D eigenvalue weighted by Crippen LogP contribution is 2.28. The van der Waals surface area contributed by atoms with Crippen molar-refractivity contribution >= 4 is 0 Å². The third-order valence-electron chi connectivity index (χ3n) is 4.94. The molecule has 0 aliphatic carbocycles. The number of rotatable bonds is 9. The lowest BCUT2D eigenvalue weighted by Crippen LogP contribution is -2.10. The molecule has 0 atom stereocenters. The Kier molecular flexibility index (Phi) is 6.94. The number of methoxy groups -OCH3 is 2. The number of benzene rings is 2. The quantitative estimate of drug-likeness (QED) is 0.507. The fraction of sp³-hybridized carbons (Fsp3) is 0.375. The molecular weight excluding hydrogens is 364 g/mol. The minimum absolute atomic E-state index is 0.332.